The first-order chi connectivity index (χ1) is 14.1. The van der Waals surface area contributed by atoms with Crippen molar-refractivity contribution in [2.75, 3.05) is 14.2 Å². The summed E-state index contributed by atoms with van der Waals surface area (Å²) in [6, 6.07) is 13.0. The number of rotatable bonds is 8. The summed E-state index contributed by atoms with van der Waals surface area (Å²) in [7, 11) is 0.836. The molecule has 1 heterocycles. The molecule has 7 heteroatoms. The molecule has 0 amide bonds. The number of hydrogen-bond acceptors (Lipinski definition) is 6. The molecule has 2 unspecified atom stereocenters. The first kappa shape index (κ1) is 21.3. The number of methoxy groups -OCH3 is 2. The van der Waals surface area contributed by atoms with Crippen LogP contribution < -0.4 is 9.47 Å². The van der Waals surface area contributed by atoms with Gasteiger partial charge >= 0.3 is 0 Å². The highest BCUT2D eigenvalue weighted by atomic mass is 32.2. The molecule has 1 aliphatic heterocycles. The molecular formula is C22H27NO5S. The number of ether oxygens (including phenoxy) is 2. The van der Waals surface area contributed by atoms with Crippen LogP contribution in [-0.4, -0.2) is 39.9 Å². The van der Waals surface area contributed by atoms with Crippen LogP contribution >= 0.6 is 0 Å². The number of benzene rings is 2. The maximum absolute atomic E-state index is 11.9. The third kappa shape index (κ3) is 4.97. The maximum atomic E-state index is 11.9. The molecule has 2 atom stereocenters. The topological polar surface area (TPSA) is 72.9 Å². The Hall–Kier alpha value is -2.38. The fourth-order valence-electron chi connectivity index (χ4n) is 4.09. The Morgan fingerprint density at radius 1 is 1.00 bits per heavy atom. The lowest BCUT2D eigenvalue weighted by atomic mass is 9.89. The van der Waals surface area contributed by atoms with E-state index < -0.39 is 10.7 Å². The van der Waals surface area contributed by atoms with Crippen molar-refractivity contribution in [1.82, 2.24) is 4.90 Å². The highest BCUT2D eigenvalue weighted by Crippen LogP contribution is 2.43. The summed E-state index contributed by atoms with van der Waals surface area (Å²) in [6.07, 6.45) is 3.67. The molecule has 29 heavy (non-hydrogen) atoms. The Bertz CT molecular complexity index is 880. The predicted octanol–water partition coefficient (Wildman–Crippen LogP) is 3.11. The Morgan fingerprint density at radius 3 is 2.17 bits per heavy atom. The minimum Gasteiger partial charge on any atom is -0.496 e. The molecule has 0 aromatic heterocycles. The Kier molecular flexibility index (Phi) is 7.28. The monoisotopic (exact) mass is 417 g/mol. The smallest absolute Gasteiger partial charge is 0.144 e. The predicted molar refractivity (Wildman–Crippen MR) is 112 cm³/mol. The molecule has 0 saturated carbocycles. The lowest BCUT2D eigenvalue weighted by Gasteiger charge is -2.41. The molecule has 1 aliphatic rings. The average molecular weight is 418 g/mol. The molecule has 0 aliphatic carbocycles. The van der Waals surface area contributed by atoms with Gasteiger partial charge in [0.1, 0.15) is 28.5 Å². The summed E-state index contributed by atoms with van der Waals surface area (Å²) in [5.74, 6) is 1.54. The van der Waals surface area contributed by atoms with Crippen LogP contribution in [0.25, 0.3) is 0 Å². The largest absolute Gasteiger partial charge is 0.496 e. The first-order valence-corrected chi connectivity index (χ1v) is 11.0. The molecular weight excluding hydrogens is 390 g/mol. The van der Waals surface area contributed by atoms with E-state index in [9.17, 15) is 13.2 Å². The Morgan fingerprint density at radius 2 is 1.62 bits per heavy atom. The highest BCUT2D eigenvalue weighted by Gasteiger charge is 2.34. The fourth-order valence-corrected chi connectivity index (χ4v) is 4.59. The van der Waals surface area contributed by atoms with E-state index in [0.717, 1.165) is 53.7 Å². The van der Waals surface area contributed by atoms with Gasteiger partial charge in [0.25, 0.3) is 0 Å². The minimum atomic E-state index is -2.45. The van der Waals surface area contributed by atoms with Gasteiger partial charge in [0.05, 0.1) is 31.6 Å². The van der Waals surface area contributed by atoms with Crippen molar-refractivity contribution in [3.63, 3.8) is 0 Å². The standard InChI is InChI=1S/C22H27NO5S/c1-27-20-7-4-8-21(28-2)22(20)19-6-3-5-18(14-24)23(19)13-16-9-11-17(12-10-16)15-29(25)26/h4,7-12,14,18-19,29H,3,5-6,13,15H2,1-2H3. The van der Waals surface area contributed by atoms with Crippen molar-refractivity contribution in [2.45, 2.75) is 43.6 Å². The molecule has 1 fully saturated rings. The van der Waals surface area contributed by atoms with E-state index in [1.165, 1.54) is 0 Å². The second kappa shape index (κ2) is 9.89. The van der Waals surface area contributed by atoms with Gasteiger partial charge in [-0.2, -0.15) is 0 Å². The summed E-state index contributed by atoms with van der Waals surface area (Å²) in [5, 5.41) is 0. The van der Waals surface area contributed by atoms with E-state index in [-0.39, 0.29) is 17.8 Å². The van der Waals surface area contributed by atoms with Crippen molar-refractivity contribution in [1.29, 1.82) is 0 Å². The van der Waals surface area contributed by atoms with E-state index >= 15 is 0 Å². The number of carbonyl (C=O) groups is 1. The van der Waals surface area contributed by atoms with E-state index in [1.54, 1.807) is 14.2 Å². The molecule has 0 bridgehead atoms. The number of aldehydes is 1. The van der Waals surface area contributed by atoms with Gasteiger partial charge < -0.3 is 14.3 Å². The SMILES string of the molecule is COc1cccc(OC)c1C1CCCC(C=O)N1Cc1ccc(C[SH](=O)=O)cc1. The van der Waals surface area contributed by atoms with Crippen LogP contribution in [0.1, 0.15) is 42.0 Å². The number of hydrogen-bond donors (Lipinski definition) is 1. The number of piperidine rings is 1. The Labute approximate surface area is 173 Å². The van der Waals surface area contributed by atoms with Crippen LogP contribution in [-0.2, 0) is 27.8 Å². The van der Waals surface area contributed by atoms with Crippen LogP contribution in [0, 0.1) is 0 Å². The van der Waals surface area contributed by atoms with E-state index in [4.69, 9.17) is 9.47 Å². The molecule has 0 radical (unpaired) electrons. The van der Waals surface area contributed by atoms with Crippen molar-refractivity contribution >= 4 is 17.0 Å². The zero-order valence-corrected chi connectivity index (χ0v) is 17.6. The third-order valence-corrected chi connectivity index (χ3v) is 6.08. The number of carbonyl (C=O) groups excluding carboxylic acids is 1. The fraction of sp³-hybridized carbons (Fsp3) is 0.409. The van der Waals surface area contributed by atoms with Gasteiger partial charge in [-0.3, -0.25) is 4.90 Å². The molecule has 0 spiro atoms. The van der Waals surface area contributed by atoms with E-state index in [1.807, 2.05) is 42.5 Å². The second-order valence-corrected chi connectivity index (χ2v) is 8.19. The lowest BCUT2D eigenvalue weighted by Crippen LogP contribution is -2.42. The van der Waals surface area contributed by atoms with Gasteiger partial charge in [-0.15, -0.1) is 0 Å². The Balaban J connectivity index is 1.94. The molecule has 156 valence electrons. The summed E-state index contributed by atoms with van der Waals surface area (Å²) in [5.41, 5.74) is 2.75. The van der Waals surface area contributed by atoms with Crippen LogP contribution in [0.4, 0.5) is 0 Å². The second-order valence-electron chi connectivity index (χ2n) is 7.21. The summed E-state index contributed by atoms with van der Waals surface area (Å²) in [6.45, 7) is 0.582. The zero-order valence-electron chi connectivity index (χ0n) is 16.7. The van der Waals surface area contributed by atoms with Crippen molar-refractivity contribution in [2.24, 2.45) is 0 Å². The van der Waals surface area contributed by atoms with Crippen LogP contribution in [0.5, 0.6) is 11.5 Å². The third-order valence-electron chi connectivity index (χ3n) is 5.46. The van der Waals surface area contributed by atoms with Crippen LogP contribution in [0.3, 0.4) is 0 Å². The lowest BCUT2D eigenvalue weighted by molar-refractivity contribution is -0.115. The van der Waals surface area contributed by atoms with E-state index in [0.29, 0.717) is 6.54 Å². The summed E-state index contributed by atoms with van der Waals surface area (Å²) >= 11 is 0. The quantitative estimate of drug-likeness (QED) is 0.526. The molecule has 2 aromatic carbocycles. The van der Waals surface area contributed by atoms with Gasteiger partial charge in [0.15, 0.2) is 0 Å². The number of nitrogens with zero attached hydrogens (tertiary/aromatic N) is 1. The maximum Gasteiger partial charge on any atom is 0.144 e. The summed E-state index contributed by atoms with van der Waals surface area (Å²) in [4.78, 5) is 14.0. The van der Waals surface area contributed by atoms with Gasteiger partial charge in [-0.25, -0.2) is 8.42 Å². The van der Waals surface area contributed by atoms with Crippen molar-refractivity contribution < 1.29 is 22.7 Å². The van der Waals surface area contributed by atoms with Crippen molar-refractivity contribution in [3.05, 3.63) is 59.2 Å². The molecule has 2 aromatic rings. The minimum absolute atomic E-state index is 0.0131. The average Bonchev–Trinajstić information content (AvgIpc) is 2.74. The van der Waals surface area contributed by atoms with E-state index in [2.05, 4.69) is 4.90 Å². The zero-order chi connectivity index (χ0) is 20.8. The van der Waals surface area contributed by atoms with Crippen molar-refractivity contribution in [3.8, 4) is 11.5 Å². The normalized spacial score (nSPS) is 19.8. The van der Waals surface area contributed by atoms with Gasteiger partial charge in [-0.05, 0) is 42.5 Å². The van der Waals surface area contributed by atoms with Gasteiger partial charge in [0.2, 0.25) is 0 Å². The molecule has 0 N–H and O–H groups in total. The van der Waals surface area contributed by atoms with Gasteiger partial charge in [0, 0.05) is 12.6 Å². The summed E-state index contributed by atoms with van der Waals surface area (Å²) < 4.78 is 33.1. The molecule has 3 rings (SSSR count). The molecule has 1 saturated heterocycles. The molecule has 6 nitrogen and oxygen atoms in total. The number of likely N-dealkylation sites (tertiary alicyclic amines) is 1. The van der Waals surface area contributed by atoms with Crippen LogP contribution in [0.2, 0.25) is 0 Å². The van der Waals surface area contributed by atoms with Crippen LogP contribution in [0.15, 0.2) is 42.5 Å². The highest BCUT2D eigenvalue weighted by molar-refractivity contribution is 7.71. The first-order valence-electron chi connectivity index (χ1n) is 9.69. The number of thiol groups is 1. The van der Waals surface area contributed by atoms with Gasteiger partial charge in [-0.1, -0.05) is 30.3 Å².